The Kier molecular flexibility index (Phi) is 22.9. The number of primary amides is 1. The van der Waals surface area contributed by atoms with E-state index in [1.54, 1.807) is 75.4 Å². The van der Waals surface area contributed by atoms with Crippen molar-refractivity contribution >= 4 is 82.5 Å². The number of likely N-dealkylation sites (N-methyl/N-ethyl adjacent to an activating group) is 1. The van der Waals surface area contributed by atoms with Crippen LogP contribution in [0.2, 0.25) is 5.02 Å². The molecular weight excluding hydrogens is 960 g/mol. The highest BCUT2D eigenvalue weighted by atomic mass is 35.5. The number of nitrogens with zero attached hydrogens (tertiary/aromatic N) is 2. The molecular formula is C47H67ClN12O10S. The maximum atomic E-state index is 14.6. The molecule has 9 amide bonds. The van der Waals surface area contributed by atoms with Crippen LogP contribution < -0.4 is 54.4 Å². The van der Waals surface area contributed by atoms with Crippen molar-refractivity contribution in [2.75, 3.05) is 31.1 Å². The summed E-state index contributed by atoms with van der Waals surface area (Å²) in [6.45, 7) is 5.07. The lowest BCUT2D eigenvalue weighted by molar-refractivity contribution is -0.142. The number of thioether (sulfide) groups is 1. The van der Waals surface area contributed by atoms with Crippen molar-refractivity contribution in [3.05, 3.63) is 70.7 Å². The Hall–Kier alpha value is -6.46. The highest BCUT2D eigenvalue weighted by molar-refractivity contribution is 7.99. The van der Waals surface area contributed by atoms with E-state index in [0.29, 0.717) is 22.6 Å². The Balaban J connectivity index is 1.68. The lowest BCUT2D eigenvalue weighted by Gasteiger charge is -2.31. The number of nitrogens with two attached hydrogens (primary N) is 3. The molecule has 14 N–H and O–H groups in total. The van der Waals surface area contributed by atoms with Crippen molar-refractivity contribution in [2.24, 2.45) is 28.1 Å². The number of rotatable bonds is 16. The molecule has 22 nitrogen and oxygen atoms in total. The second-order valence-electron chi connectivity index (χ2n) is 17.7. The van der Waals surface area contributed by atoms with E-state index in [-0.39, 0.29) is 75.6 Å². The van der Waals surface area contributed by atoms with Crippen LogP contribution >= 0.6 is 23.4 Å². The number of guanidine groups is 1. The van der Waals surface area contributed by atoms with Crippen LogP contribution in [0.5, 0.6) is 0 Å². The van der Waals surface area contributed by atoms with Gasteiger partial charge in [0.25, 0.3) is 0 Å². The van der Waals surface area contributed by atoms with Crippen LogP contribution in [-0.4, -0.2) is 149 Å². The molecule has 2 heterocycles. The molecule has 2 aromatic carbocycles. The largest absolute Gasteiger partial charge is 0.391 e. The highest BCUT2D eigenvalue weighted by Crippen LogP contribution is 2.22. The molecule has 0 unspecified atom stereocenters. The van der Waals surface area contributed by atoms with Gasteiger partial charge >= 0.3 is 0 Å². The monoisotopic (exact) mass is 1030 g/mol. The molecule has 0 saturated carbocycles. The normalized spacial score (nSPS) is 23.4. The first-order valence-corrected chi connectivity index (χ1v) is 25.1. The van der Waals surface area contributed by atoms with Gasteiger partial charge in [0, 0.05) is 56.1 Å². The molecule has 388 valence electrons. The molecule has 0 spiro atoms. The first-order chi connectivity index (χ1) is 33.8. The van der Waals surface area contributed by atoms with Gasteiger partial charge in [-0.05, 0) is 61.1 Å². The van der Waals surface area contributed by atoms with E-state index in [2.05, 4.69) is 42.2 Å². The molecule has 2 aliphatic heterocycles. The quantitative estimate of drug-likeness (QED) is 0.0505. The highest BCUT2D eigenvalue weighted by Gasteiger charge is 2.43. The zero-order valence-corrected chi connectivity index (χ0v) is 41.7. The maximum Gasteiger partial charge on any atom is 0.245 e. The summed E-state index contributed by atoms with van der Waals surface area (Å²) >= 11 is 7.36. The summed E-state index contributed by atoms with van der Waals surface area (Å²) in [4.78, 5) is 129. The first kappa shape index (κ1) is 57.1. The van der Waals surface area contributed by atoms with E-state index >= 15 is 0 Å². The van der Waals surface area contributed by atoms with Crippen LogP contribution in [0.25, 0.3) is 0 Å². The fraction of sp³-hybridized carbons (Fsp3) is 0.532. The number of aliphatic hydroxyl groups is 1. The van der Waals surface area contributed by atoms with Crippen molar-refractivity contribution < 1.29 is 48.3 Å². The van der Waals surface area contributed by atoms with Gasteiger partial charge in [0.1, 0.15) is 42.3 Å². The van der Waals surface area contributed by atoms with Gasteiger partial charge in [-0.1, -0.05) is 67.9 Å². The zero-order chi connectivity index (χ0) is 52.2. The smallest absolute Gasteiger partial charge is 0.245 e. The topological polar surface area (TPSA) is 352 Å². The molecule has 4 rings (SSSR count). The number of amides is 9. The number of β-amino-alcohol motifs (C(OH)–C–C–N with tert-alkyl or cyclic N) is 1. The van der Waals surface area contributed by atoms with E-state index in [9.17, 15) is 48.3 Å². The molecule has 8 atom stereocenters. The molecule has 2 fully saturated rings. The second-order valence-corrected chi connectivity index (χ2v) is 19.3. The molecule has 24 heteroatoms. The number of likely N-dealkylation sites (tertiary alicyclic amines) is 1. The Labute approximate surface area is 421 Å². The number of benzene rings is 2. The standard InChI is InChI=1S/C47H67ClN12O10S/c1-4-52-40(64)31(11-8-18-53-47(50)51)55-44(68)36-23-30(61)25-60(36)46(70)32-16-19-71-20-17-38(63)54-33(22-28-12-14-29(48)15-13-28)41(65)57-34(21-27-9-6-5-7-10-27)43(67)59-39(26(2)3)45(69)58-35(24-37(49)62)42(66)56-32/h5-7,9-10,12-15,26,30-36,39,61H,4,8,11,16-25H2,1-3H3,(H2,49,62)(H,52,64)(H,54,63)(H,55,68)(H,56,66)(H,57,65)(H,58,69)(H,59,67)(H4,50,51,53)/t30-,31-,32+,33+,34+,35+,36+,39+/m1/s1. The van der Waals surface area contributed by atoms with E-state index in [4.69, 9.17) is 28.8 Å². The van der Waals surface area contributed by atoms with Gasteiger partial charge in [0.15, 0.2) is 5.96 Å². The van der Waals surface area contributed by atoms with Crippen LogP contribution in [0.15, 0.2) is 59.6 Å². The molecule has 0 radical (unpaired) electrons. The van der Waals surface area contributed by atoms with Gasteiger partial charge in [0.2, 0.25) is 53.2 Å². The molecule has 2 saturated heterocycles. The van der Waals surface area contributed by atoms with Gasteiger partial charge in [-0.2, -0.15) is 11.8 Å². The first-order valence-electron chi connectivity index (χ1n) is 23.5. The summed E-state index contributed by atoms with van der Waals surface area (Å²) < 4.78 is 0. The van der Waals surface area contributed by atoms with Gasteiger partial charge in [-0.3, -0.25) is 48.1 Å². The minimum atomic E-state index is -1.66. The van der Waals surface area contributed by atoms with Crippen molar-refractivity contribution in [3.8, 4) is 0 Å². The minimum absolute atomic E-state index is 0.0166. The number of hydrogen-bond donors (Lipinski definition) is 11. The third-order valence-electron chi connectivity index (χ3n) is 11.6. The molecule has 2 aliphatic rings. The number of carbonyl (C=O) groups excluding carboxylic acids is 9. The third-order valence-corrected chi connectivity index (χ3v) is 12.9. The molecule has 2 aromatic rings. The van der Waals surface area contributed by atoms with E-state index < -0.39 is 114 Å². The van der Waals surface area contributed by atoms with E-state index in [1.807, 2.05) is 0 Å². The lowest BCUT2D eigenvalue weighted by Crippen LogP contribution is -2.61. The van der Waals surface area contributed by atoms with Crippen LogP contribution in [0.4, 0.5) is 0 Å². The van der Waals surface area contributed by atoms with Crippen molar-refractivity contribution in [1.82, 2.24) is 42.1 Å². The predicted octanol–water partition coefficient (Wildman–Crippen LogP) is -1.76. The maximum absolute atomic E-state index is 14.6. The number of carbonyl (C=O) groups is 9. The van der Waals surface area contributed by atoms with Gasteiger partial charge in [-0.25, -0.2) is 0 Å². The van der Waals surface area contributed by atoms with E-state index in [0.717, 1.165) is 4.90 Å². The second kappa shape index (κ2) is 28.4. The fourth-order valence-electron chi connectivity index (χ4n) is 7.97. The SMILES string of the molecule is CCNC(=O)[C@@H](CCCN=C(N)N)NC(=O)[C@@H]1C[C@@H](O)CN1C(=O)[C@@H]1CCSCCC(=O)N[C@@H](Cc2ccc(Cl)cc2)C(=O)N[C@@H](Cc2ccccc2)C(=O)N[C@@H](C(C)C)C(=O)N[C@@H](CC(N)=O)C(=O)N1. The van der Waals surface area contributed by atoms with Gasteiger partial charge < -0.3 is 64.4 Å². The number of aliphatic imine (C=N–C) groups is 1. The predicted molar refractivity (Wildman–Crippen MR) is 267 cm³/mol. The Morgan fingerprint density at radius 2 is 1.45 bits per heavy atom. The summed E-state index contributed by atoms with van der Waals surface area (Å²) in [6.07, 6.45) is -1.83. The third kappa shape index (κ3) is 18.7. The summed E-state index contributed by atoms with van der Waals surface area (Å²) in [5.74, 6) is -7.30. The van der Waals surface area contributed by atoms with Crippen LogP contribution in [0.1, 0.15) is 70.4 Å². The van der Waals surface area contributed by atoms with Crippen LogP contribution in [0.3, 0.4) is 0 Å². The summed E-state index contributed by atoms with van der Waals surface area (Å²) in [5, 5.41) is 30.0. The number of aliphatic hydroxyl groups excluding tert-OH is 1. The lowest BCUT2D eigenvalue weighted by atomic mass is 9.99. The average Bonchev–Trinajstić information content (AvgIpc) is 3.72. The Morgan fingerprint density at radius 3 is 2.08 bits per heavy atom. The number of hydrogen-bond acceptors (Lipinski definition) is 12. The summed E-state index contributed by atoms with van der Waals surface area (Å²) in [6, 6.07) is 6.28. The van der Waals surface area contributed by atoms with Gasteiger partial charge in [-0.15, -0.1) is 0 Å². The van der Waals surface area contributed by atoms with Gasteiger partial charge in [0.05, 0.1) is 12.5 Å². The summed E-state index contributed by atoms with van der Waals surface area (Å²) in [5.41, 5.74) is 17.7. The zero-order valence-electron chi connectivity index (χ0n) is 40.1. The Bertz CT molecular complexity index is 2220. The summed E-state index contributed by atoms with van der Waals surface area (Å²) in [7, 11) is 0. The van der Waals surface area contributed by atoms with Crippen molar-refractivity contribution in [3.63, 3.8) is 0 Å². The fourth-order valence-corrected chi connectivity index (χ4v) is 9.03. The molecule has 0 aliphatic carbocycles. The molecule has 0 bridgehead atoms. The van der Waals surface area contributed by atoms with Crippen LogP contribution in [-0.2, 0) is 56.0 Å². The molecule has 71 heavy (non-hydrogen) atoms. The number of nitrogens with one attached hydrogen (secondary N) is 7. The average molecular weight is 1030 g/mol. The number of halogens is 1. The molecule has 0 aromatic heterocycles. The van der Waals surface area contributed by atoms with E-state index in [1.165, 1.54) is 11.8 Å². The van der Waals surface area contributed by atoms with Crippen molar-refractivity contribution in [1.29, 1.82) is 0 Å². The Morgan fingerprint density at radius 1 is 0.831 bits per heavy atom. The van der Waals surface area contributed by atoms with Crippen molar-refractivity contribution in [2.45, 2.75) is 121 Å². The van der Waals surface area contributed by atoms with Crippen LogP contribution in [0, 0.1) is 5.92 Å². The minimum Gasteiger partial charge on any atom is -0.391 e.